The Morgan fingerprint density at radius 2 is 1.85 bits per heavy atom. The van der Waals surface area contributed by atoms with Crippen LogP contribution < -0.4 is 10.2 Å². The third-order valence-corrected chi connectivity index (χ3v) is 1.91. The van der Waals surface area contributed by atoms with Gasteiger partial charge in [-0.15, -0.1) is 0 Å². The molecule has 0 aromatic heterocycles. The summed E-state index contributed by atoms with van der Waals surface area (Å²) in [7, 11) is 0. The van der Waals surface area contributed by atoms with Gasteiger partial charge in [-0.2, -0.15) is 0 Å². The van der Waals surface area contributed by atoms with E-state index >= 15 is 0 Å². The first-order valence-electron chi connectivity index (χ1n) is 4.57. The maximum atomic E-state index is 8.55. The summed E-state index contributed by atoms with van der Waals surface area (Å²) in [5, 5.41) is 8.55. The van der Waals surface area contributed by atoms with E-state index in [0.717, 1.165) is 5.75 Å². The number of hydrogen-bond acceptors (Lipinski definition) is 2. The van der Waals surface area contributed by atoms with Crippen LogP contribution in [0.1, 0.15) is 0 Å². The summed E-state index contributed by atoms with van der Waals surface area (Å²) in [6.45, 7) is 5.28. The lowest BCUT2D eigenvalue weighted by molar-refractivity contribution is 0.201. The molecule has 0 unspecified atom stereocenters. The predicted molar refractivity (Wildman–Crippen MR) is 56.1 cm³/mol. The van der Waals surface area contributed by atoms with Crippen LogP contribution >= 0.6 is 0 Å². The van der Waals surface area contributed by atoms with Crippen molar-refractivity contribution in [1.82, 2.24) is 0 Å². The molecule has 0 atom stereocenters. The van der Waals surface area contributed by atoms with Gasteiger partial charge in [-0.3, -0.25) is 0 Å². The Morgan fingerprint density at radius 1 is 1.23 bits per heavy atom. The molecule has 0 aliphatic rings. The van der Waals surface area contributed by atoms with E-state index in [1.54, 1.807) is 0 Å². The SMILES string of the molecule is CB(C)c1ccc(OCCO)cc1. The smallest absolute Gasteiger partial charge is 0.169 e. The second-order valence-electron chi connectivity index (χ2n) is 3.30. The molecule has 0 saturated carbocycles. The number of hydrogen-bond donors (Lipinski definition) is 1. The van der Waals surface area contributed by atoms with Crippen LogP contribution in [0.3, 0.4) is 0 Å². The van der Waals surface area contributed by atoms with Crippen molar-refractivity contribution in [1.29, 1.82) is 0 Å². The molecule has 0 heterocycles. The Balaban J connectivity index is 2.59. The number of aliphatic hydroxyl groups is 1. The van der Waals surface area contributed by atoms with Crippen LogP contribution in [0.5, 0.6) is 5.75 Å². The first-order chi connectivity index (χ1) is 6.24. The van der Waals surface area contributed by atoms with Crippen molar-refractivity contribution in [2.24, 2.45) is 0 Å². The molecule has 0 bridgehead atoms. The summed E-state index contributed by atoms with van der Waals surface area (Å²) in [4.78, 5) is 0. The predicted octanol–water partition coefficient (Wildman–Crippen LogP) is 1.02. The topological polar surface area (TPSA) is 29.5 Å². The van der Waals surface area contributed by atoms with Crippen molar-refractivity contribution in [3.05, 3.63) is 24.3 Å². The Kier molecular flexibility index (Phi) is 3.84. The van der Waals surface area contributed by atoms with Crippen LogP contribution in [0.25, 0.3) is 0 Å². The van der Waals surface area contributed by atoms with Gasteiger partial charge >= 0.3 is 0 Å². The van der Waals surface area contributed by atoms with Crippen molar-refractivity contribution in [3.63, 3.8) is 0 Å². The van der Waals surface area contributed by atoms with Crippen molar-refractivity contribution in [2.75, 3.05) is 13.2 Å². The summed E-state index contributed by atoms with van der Waals surface area (Å²) in [6, 6.07) is 7.98. The van der Waals surface area contributed by atoms with Gasteiger partial charge in [-0.25, -0.2) is 0 Å². The number of rotatable bonds is 4. The van der Waals surface area contributed by atoms with Crippen LogP contribution in [0, 0.1) is 0 Å². The Bertz CT molecular complexity index is 244. The molecule has 0 spiro atoms. The zero-order valence-corrected chi connectivity index (χ0v) is 8.16. The van der Waals surface area contributed by atoms with Gasteiger partial charge in [0.2, 0.25) is 0 Å². The first-order valence-corrected chi connectivity index (χ1v) is 4.57. The molecule has 1 N–H and O–H groups in total. The highest BCUT2D eigenvalue weighted by Gasteiger charge is 2.01. The van der Waals surface area contributed by atoms with E-state index in [1.807, 2.05) is 12.1 Å². The summed E-state index contributed by atoms with van der Waals surface area (Å²) in [5.74, 6) is 0.818. The summed E-state index contributed by atoms with van der Waals surface area (Å²) >= 11 is 0. The lowest BCUT2D eigenvalue weighted by Crippen LogP contribution is -2.21. The number of ether oxygens (including phenoxy) is 1. The molecule has 13 heavy (non-hydrogen) atoms. The molecule has 2 nitrogen and oxygen atoms in total. The molecule has 1 rings (SSSR count). The normalized spacial score (nSPS) is 9.77. The lowest BCUT2D eigenvalue weighted by Gasteiger charge is -2.06. The quantitative estimate of drug-likeness (QED) is 0.697. The van der Waals surface area contributed by atoms with E-state index < -0.39 is 0 Å². The molecule has 3 heteroatoms. The average molecular weight is 178 g/mol. The van der Waals surface area contributed by atoms with Gasteiger partial charge in [-0.05, 0) is 12.1 Å². The standard InChI is InChI=1S/C10H15BO2/c1-11(2)9-3-5-10(6-4-9)13-8-7-12/h3-6,12H,7-8H2,1-2H3. The molecular weight excluding hydrogens is 163 g/mol. The zero-order valence-electron chi connectivity index (χ0n) is 8.16. The molecule has 0 fully saturated rings. The van der Waals surface area contributed by atoms with Crippen LogP contribution in [0.4, 0.5) is 0 Å². The summed E-state index contributed by atoms with van der Waals surface area (Å²) < 4.78 is 5.24. The highest BCUT2D eigenvalue weighted by Crippen LogP contribution is 2.07. The fourth-order valence-electron chi connectivity index (χ4n) is 1.11. The van der Waals surface area contributed by atoms with Crippen molar-refractivity contribution >= 4 is 12.2 Å². The lowest BCUT2D eigenvalue weighted by atomic mass is 9.49. The molecule has 0 aliphatic heterocycles. The minimum Gasteiger partial charge on any atom is -0.491 e. The summed E-state index contributed by atoms with van der Waals surface area (Å²) in [6.07, 6.45) is 0. The third-order valence-electron chi connectivity index (χ3n) is 1.91. The van der Waals surface area contributed by atoms with Gasteiger partial charge in [0, 0.05) is 0 Å². The van der Waals surface area contributed by atoms with E-state index in [9.17, 15) is 0 Å². The summed E-state index contributed by atoms with van der Waals surface area (Å²) in [5.41, 5.74) is 1.30. The van der Waals surface area contributed by atoms with Gasteiger partial charge in [0.25, 0.3) is 0 Å². The van der Waals surface area contributed by atoms with Gasteiger partial charge in [0.1, 0.15) is 12.4 Å². The van der Waals surface area contributed by atoms with E-state index in [2.05, 4.69) is 25.8 Å². The van der Waals surface area contributed by atoms with Crippen LogP contribution in [-0.4, -0.2) is 25.0 Å². The van der Waals surface area contributed by atoms with E-state index in [1.165, 1.54) is 5.46 Å². The van der Waals surface area contributed by atoms with Crippen LogP contribution in [0.15, 0.2) is 24.3 Å². The van der Waals surface area contributed by atoms with Gasteiger partial charge in [0.05, 0.1) is 6.61 Å². The van der Waals surface area contributed by atoms with Crippen molar-refractivity contribution in [3.8, 4) is 5.75 Å². The molecule has 1 aromatic rings. The number of benzene rings is 1. The van der Waals surface area contributed by atoms with Crippen molar-refractivity contribution < 1.29 is 9.84 Å². The number of aliphatic hydroxyl groups excluding tert-OH is 1. The minimum absolute atomic E-state index is 0.0614. The molecule has 1 aromatic carbocycles. The second kappa shape index (κ2) is 4.92. The molecule has 0 amide bonds. The Labute approximate surface area is 79.6 Å². The van der Waals surface area contributed by atoms with E-state index in [-0.39, 0.29) is 6.61 Å². The Hall–Kier alpha value is -0.955. The minimum atomic E-state index is 0.0614. The molecule has 0 saturated heterocycles. The highest BCUT2D eigenvalue weighted by atomic mass is 16.5. The first kappa shape index (κ1) is 10.1. The van der Waals surface area contributed by atoms with Gasteiger partial charge < -0.3 is 9.84 Å². The van der Waals surface area contributed by atoms with E-state index in [0.29, 0.717) is 13.3 Å². The maximum Gasteiger partial charge on any atom is 0.169 e. The maximum absolute atomic E-state index is 8.55. The molecular formula is C10H15BO2. The molecule has 0 aliphatic carbocycles. The highest BCUT2D eigenvalue weighted by molar-refractivity contribution is 6.70. The fourth-order valence-corrected chi connectivity index (χ4v) is 1.11. The fraction of sp³-hybridized carbons (Fsp3) is 0.400. The third kappa shape index (κ3) is 3.11. The molecule has 70 valence electrons. The van der Waals surface area contributed by atoms with Gasteiger partial charge in [-0.1, -0.05) is 31.2 Å². The van der Waals surface area contributed by atoms with Crippen molar-refractivity contribution in [2.45, 2.75) is 13.6 Å². The second-order valence-corrected chi connectivity index (χ2v) is 3.30. The molecule has 0 radical (unpaired) electrons. The Morgan fingerprint density at radius 3 is 2.31 bits per heavy atom. The average Bonchev–Trinajstić information content (AvgIpc) is 2.15. The van der Waals surface area contributed by atoms with Crippen LogP contribution in [0.2, 0.25) is 13.6 Å². The largest absolute Gasteiger partial charge is 0.491 e. The zero-order chi connectivity index (χ0) is 9.68. The van der Waals surface area contributed by atoms with Crippen LogP contribution in [-0.2, 0) is 0 Å². The van der Waals surface area contributed by atoms with E-state index in [4.69, 9.17) is 9.84 Å². The van der Waals surface area contributed by atoms with Gasteiger partial charge in [0.15, 0.2) is 6.71 Å². The monoisotopic (exact) mass is 178 g/mol.